The zero-order chi connectivity index (χ0) is 11.4. The highest BCUT2D eigenvalue weighted by Gasteiger charge is 2.20. The Hall–Kier alpha value is -1.16. The molecule has 4 heteroatoms. The van der Waals surface area contributed by atoms with Crippen molar-refractivity contribution in [2.75, 3.05) is 13.1 Å². The van der Waals surface area contributed by atoms with Crippen LogP contribution in [0.25, 0.3) is 0 Å². The molecule has 1 aliphatic rings. The van der Waals surface area contributed by atoms with Crippen molar-refractivity contribution in [2.45, 2.75) is 25.7 Å². The summed E-state index contributed by atoms with van der Waals surface area (Å²) >= 11 is 0. The Morgan fingerprint density at radius 1 is 1.56 bits per heavy atom. The summed E-state index contributed by atoms with van der Waals surface area (Å²) < 4.78 is 1.98. The first-order valence-corrected chi connectivity index (χ1v) is 5.97. The lowest BCUT2D eigenvalue weighted by Crippen LogP contribution is -2.32. The maximum atomic E-state index is 11.9. The molecule has 0 saturated carbocycles. The number of nitrogens with zero attached hydrogens (tertiary/aromatic N) is 2. The number of aromatic nitrogens is 2. The van der Waals surface area contributed by atoms with Crippen LogP contribution in [0, 0.1) is 5.92 Å². The first-order chi connectivity index (χ1) is 7.77. The third-order valence-corrected chi connectivity index (χ3v) is 3.31. The molecule has 1 aromatic rings. The van der Waals surface area contributed by atoms with Crippen molar-refractivity contribution in [2.24, 2.45) is 13.0 Å². The van der Waals surface area contributed by atoms with Gasteiger partial charge in [0.15, 0.2) is 0 Å². The summed E-state index contributed by atoms with van der Waals surface area (Å²) in [6.07, 6.45) is 7.11. The number of nitrogens with one attached hydrogen (secondary N) is 1. The predicted octanol–water partition coefficient (Wildman–Crippen LogP) is 0.921. The van der Waals surface area contributed by atoms with Gasteiger partial charge in [0.2, 0.25) is 0 Å². The molecule has 0 radical (unpaired) electrons. The van der Waals surface area contributed by atoms with Crippen molar-refractivity contribution in [3.63, 3.8) is 0 Å². The number of Topliss-reactive ketones (excluding diaryl/α,β-unsaturated/α-hetero) is 1. The fraction of sp³-hybridized carbons (Fsp3) is 0.667. The van der Waals surface area contributed by atoms with Crippen molar-refractivity contribution in [1.29, 1.82) is 0 Å². The number of rotatable bonds is 4. The largest absolute Gasteiger partial charge is 0.338 e. The molecule has 0 unspecified atom stereocenters. The SMILES string of the molecule is Cn1ccnc1CCC(=O)C1CCNCC1. The second kappa shape index (κ2) is 5.25. The first-order valence-electron chi connectivity index (χ1n) is 5.97. The van der Waals surface area contributed by atoms with E-state index in [1.165, 1.54) is 0 Å². The summed E-state index contributed by atoms with van der Waals surface area (Å²) in [6, 6.07) is 0. The van der Waals surface area contributed by atoms with E-state index in [0.29, 0.717) is 12.2 Å². The average Bonchev–Trinajstić information content (AvgIpc) is 2.73. The zero-order valence-corrected chi connectivity index (χ0v) is 9.78. The normalized spacial score (nSPS) is 17.6. The van der Waals surface area contributed by atoms with Gasteiger partial charge in [0.1, 0.15) is 11.6 Å². The molecule has 0 atom stereocenters. The van der Waals surface area contributed by atoms with Crippen molar-refractivity contribution in [1.82, 2.24) is 14.9 Å². The van der Waals surface area contributed by atoms with E-state index >= 15 is 0 Å². The summed E-state index contributed by atoms with van der Waals surface area (Å²) in [5, 5.41) is 3.28. The van der Waals surface area contributed by atoms with Crippen LogP contribution >= 0.6 is 0 Å². The summed E-state index contributed by atoms with van der Waals surface area (Å²) in [5.74, 6) is 1.69. The van der Waals surface area contributed by atoms with Gasteiger partial charge in [-0.25, -0.2) is 4.98 Å². The number of ketones is 1. The molecule has 2 heterocycles. The fourth-order valence-corrected chi connectivity index (χ4v) is 2.22. The van der Waals surface area contributed by atoms with Crippen molar-refractivity contribution in [3.05, 3.63) is 18.2 Å². The maximum absolute atomic E-state index is 11.9. The molecule has 1 aromatic heterocycles. The Morgan fingerprint density at radius 3 is 2.94 bits per heavy atom. The van der Waals surface area contributed by atoms with Gasteiger partial charge in [-0.15, -0.1) is 0 Å². The Balaban J connectivity index is 1.81. The van der Waals surface area contributed by atoms with Crippen LogP contribution in [0.3, 0.4) is 0 Å². The molecule has 1 fully saturated rings. The van der Waals surface area contributed by atoms with Crippen LogP contribution in [-0.2, 0) is 18.3 Å². The van der Waals surface area contributed by atoms with Gasteiger partial charge in [-0.2, -0.15) is 0 Å². The van der Waals surface area contributed by atoms with Gasteiger partial charge in [0.25, 0.3) is 0 Å². The van der Waals surface area contributed by atoms with Crippen LogP contribution in [0.2, 0.25) is 0 Å². The second-order valence-electron chi connectivity index (χ2n) is 4.44. The second-order valence-corrected chi connectivity index (χ2v) is 4.44. The molecule has 0 spiro atoms. The third-order valence-electron chi connectivity index (χ3n) is 3.31. The summed E-state index contributed by atoms with van der Waals surface area (Å²) in [6.45, 7) is 1.97. The van der Waals surface area contributed by atoms with Crippen LogP contribution in [0.5, 0.6) is 0 Å². The van der Waals surface area contributed by atoms with E-state index in [4.69, 9.17) is 0 Å². The molecule has 0 aromatic carbocycles. The first kappa shape index (κ1) is 11.3. The maximum Gasteiger partial charge on any atom is 0.136 e. The molecular formula is C12H19N3O. The number of hydrogen-bond donors (Lipinski definition) is 1. The van der Waals surface area contributed by atoms with Crippen LogP contribution in [0.4, 0.5) is 0 Å². The highest BCUT2D eigenvalue weighted by atomic mass is 16.1. The third kappa shape index (κ3) is 2.70. The lowest BCUT2D eigenvalue weighted by molar-refractivity contribution is -0.123. The molecule has 16 heavy (non-hydrogen) atoms. The Kier molecular flexibility index (Phi) is 3.72. The van der Waals surface area contributed by atoms with Gasteiger partial charge in [-0.1, -0.05) is 0 Å². The van der Waals surface area contributed by atoms with Gasteiger partial charge in [-0.3, -0.25) is 4.79 Å². The highest BCUT2D eigenvalue weighted by Crippen LogP contribution is 2.15. The van der Waals surface area contributed by atoms with E-state index in [1.807, 2.05) is 17.8 Å². The van der Waals surface area contributed by atoms with Gasteiger partial charge in [0, 0.05) is 38.2 Å². The number of piperidine rings is 1. The minimum atomic E-state index is 0.279. The predicted molar refractivity (Wildman–Crippen MR) is 62.1 cm³/mol. The molecule has 1 N–H and O–H groups in total. The van der Waals surface area contributed by atoms with E-state index < -0.39 is 0 Å². The van der Waals surface area contributed by atoms with Gasteiger partial charge in [0.05, 0.1) is 0 Å². The number of carbonyl (C=O) groups excluding carboxylic acids is 1. The van der Waals surface area contributed by atoms with E-state index in [1.54, 1.807) is 6.20 Å². The molecule has 0 aliphatic carbocycles. The van der Waals surface area contributed by atoms with Gasteiger partial charge < -0.3 is 9.88 Å². The van der Waals surface area contributed by atoms with Gasteiger partial charge in [-0.05, 0) is 25.9 Å². The van der Waals surface area contributed by atoms with E-state index in [-0.39, 0.29) is 5.92 Å². The molecule has 0 bridgehead atoms. The zero-order valence-electron chi connectivity index (χ0n) is 9.78. The van der Waals surface area contributed by atoms with Crippen LogP contribution < -0.4 is 5.32 Å². The molecule has 2 rings (SSSR count). The standard InChI is InChI=1S/C12H19N3O/c1-15-9-8-14-12(15)3-2-11(16)10-4-6-13-7-5-10/h8-10,13H,2-7H2,1H3. The van der Waals surface area contributed by atoms with E-state index in [2.05, 4.69) is 10.3 Å². The van der Waals surface area contributed by atoms with Crippen LogP contribution in [-0.4, -0.2) is 28.4 Å². The quantitative estimate of drug-likeness (QED) is 0.822. The number of aryl methyl sites for hydroxylation is 2. The Bertz CT molecular complexity index is 353. The summed E-state index contributed by atoms with van der Waals surface area (Å²) in [4.78, 5) is 16.2. The van der Waals surface area contributed by atoms with Gasteiger partial charge >= 0.3 is 0 Å². The number of imidazole rings is 1. The van der Waals surface area contributed by atoms with E-state index in [9.17, 15) is 4.79 Å². The topological polar surface area (TPSA) is 46.9 Å². The van der Waals surface area contributed by atoms with Crippen LogP contribution in [0.1, 0.15) is 25.1 Å². The smallest absolute Gasteiger partial charge is 0.136 e. The lowest BCUT2D eigenvalue weighted by atomic mass is 9.91. The van der Waals surface area contributed by atoms with E-state index in [0.717, 1.165) is 38.2 Å². The minimum absolute atomic E-state index is 0.279. The molecule has 4 nitrogen and oxygen atoms in total. The van der Waals surface area contributed by atoms with Crippen molar-refractivity contribution >= 4 is 5.78 Å². The minimum Gasteiger partial charge on any atom is -0.338 e. The molecule has 88 valence electrons. The molecule has 0 amide bonds. The van der Waals surface area contributed by atoms with Crippen molar-refractivity contribution in [3.8, 4) is 0 Å². The molecule has 1 saturated heterocycles. The summed E-state index contributed by atoms with van der Waals surface area (Å²) in [7, 11) is 1.97. The monoisotopic (exact) mass is 221 g/mol. The van der Waals surface area contributed by atoms with Crippen LogP contribution in [0.15, 0.2) is 12.4 Å². The highest BCUT2D eigenvalue weighted by molar-refractivity contribution is 5.81. The Morgan fingerprint density at radius 2 is 2.31 bits per heavy atom. The molecule has 1 aliphatic heterocycles. The summed E-state index contributed by atoms with van der Waals surface area (Å²) in [5.41, 5.74) is 0. The van der Waals surface area contributed by atoms with Crippen molar-refractivity contribution < 1.29 is 4.79 Å². The fourth-order valence-electron chi connectivity index (χ4n) is 2.22. The average molecular weight is 221 g/mol. The Labute approximate surface area is 96.1 Å². The number of carbonyl (C=O) groups is 1. The molecular weight excluding hydrogens is 202 g/mol. The lowest BCUT2D eigenvalue weighted by Gasteiger charge is -2.21. The number of hydrogen-bond acceptors (Lipinski definition) is 3.